The highest BCUT2D eigenvalue weighted by Crippen LogP contribution is 2.32. The summed E-state index contributed by atoms with van der Waals surface area (Å²) >= 11 is 0. The van der Waals surface area contributed by atoms with Crippen LogP contribution >= 0.6 is 0 Å². The first-order valence-corrected chi connectivity index (χ1v) is 17.2. The van der Waals surface area contributed by atoms with Gasteiger partial charge < -0.3 is 19.9 Å². The number of anilines is 1. The summed E-state index contributed by atoms with van der Waals surface area (Å²) < 4.78 is 31.8. The highest BCUT2D eigenvalue weighted by atomic mass is 32.2. The molecule has 2 aromatic rings. The molecular formula is C31H46N6O4S. The molecule has 1 unspecified atom stereocenters. The van der Waals surface area contributed by atoms with Crippen molar-refractivity contribution in [3.63, 3.8) is 0 Å². The van der Waals surface area contributed by atoms with E-state index < -0.39 is 10.0 Å². The van der Waals surface area contributed by atoms with Crippen LogP contribution < -0.4 is 5.32 Å². The Balaban J connectivity index is 1.12. The summed E-state index contributed by atoms with van der Waals surface area (Å²) in [5.74, 6) is 0.643. The number of likely N-dealkylation sites (tertiary alicyclic amines) is 2. The maximum atomic E-state index is 13.5. The van der Waals surface area contributed by atoms with Gasteiger partial charge in [0.15, 0.2) is 0 Å². The summed E-state index contributed by atoms with van der Waals surface area (Å²) in [5.41, 5.74) is 3.71. The second kappa shape index (κ2) is 13.4. The quantitative estimate of drug-likeness (QED) is 0.489. The average molecular weight is 599 g/mol. The molecule has 4 heterocycles. The first kappa shape index (κ1) is 30.8. The van der Waals surface area contributed by atoms with Crippen molar-refractivity contribution in [2.24, 2.45) is 0 Å². The molecule has 3 aliphatic rings. The first-order valence-electron chi connectivity index (χ1n) is 15.3. The van der Waals surface area contributed by atoms with E-state index in [-0.39, 0.29) is 24.2 Å². The van der Waals surface area contributed by atoms with Gasteiger partial charge in [0.2, 0.25) is 10.0 Å². The minimum absolute atomic E-state index is 0.0432. The molecule has 1 amide bonds. The van der Waals surface area contributed by atoms with Crippen molar-refractivity contribution in [1.82, 2.24) is 24.1 Å². The Kier molecular flexibility index (Phi) is 9.81. The Bertz CT molecular complexity index is 1340. The molecule has 1 N–H and O–H groups in total. The van der Waals surface area contributed by atoms with Crippen LogP contribution in [0, 0.1) is 13.8 Å². The van der Waals surface area contributed by atoms with Crippen LogP contribution in [0.1, 0.15) is 78.2 Å². The van der Waals surface area contributed by atoms with E-state index in [1.165, 1.54) is 28.0 Å². The molecule has 0 aliphatic carbocycles. The van der Waals surface area contributed by atoms with Crippen LogP contribution in [0.5, 0.6) is 0 Å². The van der Waals surface area contributed by atoms with Crippen molar-refractivity contribution in [3.8, 4) is 0 Å². The number of ether oxygens (including phenoxy) is 1. The Morgan fingerprint density at radius 2 is 1.79 bits per heavy atom. The third kappa shape index (κ3) is 7.30. The number of piperidine rings is 2. The number of aromatic nitrogens is 2. The molecule has 1 aromatic carbocycles. The van der Waals surface area contributed by atoms with E-state index in [2.05, 4.69) is 51.4 Å². The average Bonchev–Trinajstić information content (AvgIpc) is 3.00. The zero-order valence-corrected chi connectivity index (χ0v) is 26.3. The summed E-state index contributed by atoms with van der Waals surface area (Å²) in [4.78, 5) is 26.7. The number of amides is 1. The molecule has 230 valence electrons. The Morgan fingerprint density at radius 1 is 1.05 bits per heavy atom. The molecule has 3 aliphatic heterocycles. The van der Waals surface area contributed by atoms with Crippen molar-refractivity contribution in [3.05, 3.63) is 53.0 Å². The summed E-state index contributed by atoms with van der Waals surface area (Å²) in [6.07, 6.45) is 9.58. The molecule has 3 saturated heterocycles. The van der Waals surface area contributed by atoms with Crippen molar-refractivity contribution < 1.29 is 17.9 Å². The number of rotatable bonds is 8. The van der Waals surface area contributed by atoms with Crippen LogP contribution in [0.4, 0.5) is 5.82 Å². The number of aryl methyl sites for hydroxylation is 1. The number of nitrogens with zero attached hydrogens (tertiary/aromatic N) is 5. The van der Waals surface area contributed by atoms with Gasteiger partial charge in [-0.25, -0.2) is 22.7 Å². The standard InChI is InChI=1S/C31H46N6O4S/c1-22-7-5-8-24(19-22)28-10-6-9-27(41-28)20-32-30-23(2)29(33-21-34-30)31(38)37-17-13-26(14-18-37)36-15-11-25(12-16-36)35(3)42(4,39)40/h5,7-8,19,21,25-28H,6,9-18,20H2,1-4H3,(H,32,33,34)/t27?,28-/m0/s1. The second-order valence-corrected chi connectivity index (χ2v) is 14.3. The van der Waals surface area contributed by atoms with Gasteiger partial charge >= 0.3 is 0 Å². The first-order chi connectivity index (χ1) is 20.1. The molecule has 11 heteroatoms. The third-order valence-corrected chi connectivity index (χ3v) is 10.7. The van der Waals surface area contributed by atoms with Crippen LogP contribution in [0.3, 0.4) is 0 Å². The summed E-state index contributed by atoms with van der Waals surface area (Å²) in [6.45, 7) is 7.81. The van der Waals surface area contributed by atoms with Crippen LogP contribution in [0.25, 0.3) is 0 Å². The predicted octanol–water partition coefficient (Wildman–Crippen LogP) is 3.78. The van der Waals surface area contributed by atoms with Gasteiger partial charge in [0, 0.05) is 44.3 Å². The van der Waals surface area contributed by atoms with Gasteiger partial charge in [-0.2, -0.15) is 0 Å². The maximum absolute atomic E-state index is 13.5. The number of hydrogen-bond acceptors (Lipinski definition) is 8. The van der Waals surface area contributed by atoms with Crippen LogP contribution in [0.2, 0.25) is 0 Å². The molecule has 3 fully saturated rings. The SMILES string of the molecule is Cc1cccc([C@@H]2CCCC(CNc3ncnc(C(=O)N4CCC(N5CCC(N(C)S(C)(=O)=O)CC5)CC4)c3C)O2)c1. The van der Waals surface area contributed by atoms with Crippen molar-refractivity contribution in [2.45, 2.75) is 83.1 Å². The molecule has 1 aromatic heterocycles. The summed E-state index contributed by atoms with van der Waals surface area (Å²) in [7, 11) is -1.49. The number of carbonyl (C=O) groups excluding carboxylic acids is 1. The van der Waals surface area contributed by atoms with Gasteiger partial charge in [-0.3, -0.25) is 4.79 Å². The molecular weight excluding hydrogens is 552 g/mol. The lowest BCUT2D eigenvalue weighted by atomic mass is 9.97. The normalized spacial score (nSPS) is 23.3. The molecule has 0 spiro atoms. The smallest absolute Gasteiger partial charge is 0.272 e. The number of hydrogen-bond donors (Lipinski definition) is 1. The van der Waals surface area contributed by atoms with Crippen LogP contribution in [-0.4, -0.2) is 103 Å². The molecule has 0 radical (unpaired) electrons. The van der Waals surface area contributed by atoms with E-state index in [1.807, 2.05) is 11.8 Å². The number of carbonyl (C=O) groups is 1. The molecule has 0 saturated carbocycles. The molecule has 10 nitrogen and oxygen atoms in total. The van der Waals surface area contributed by atoms with Crippen LogP contribution in [-0.2, 0) is 14.8 Å². The van der Waals surface area contributed by atoms with Gasteiger partial charge in [0.05, 0.1) is 18.5 Å². The van der Waals surface area contributed by atoms with E-state index in [9.17, 15) is 13.2 Å². The minimum atomic E-state index is -3.17. The summed E-state index contributed by atoms with van der Waals surface area (Å²) in [5, 5.41) is 3.44. The van der Waals surface area contributed by atoms with E-state index in [4.69, 9.17) is 4.74 Å². The van der Waals surface area contributed by atoms with E-state index in [0.29, 0.717) is 37.2 Å². The monoisotopic (exact) mass is 598 g/mol. The van der Waals surface area contributed by atoms with Gasteiger partial charge in [0.1, 0.15) is 17.8 Å². The van der Waals surface area contributed by atoms with E-state index in [1.54, 1.807) is 7.05 Å². The third-order valence-electron chi connectivity index (χ3n) is 9.35. The van der Waals surface area contributed by atoms with Crippen molar-refractivity contribution in [1.29, 1.82) is 0 Å². The molecule has 42 heavy (non-hydrogen) atoms. The van der Waals surface area contributed by atoms with Gasteiger partial charge in [-0.1, -0.05) is 29.8 Å². The van der Waals surface area contributed by atoms with Crippen molar-refractivity contribution >= 4 is 21.7 Å². The lowest BCUT2D eigenvalue weighted by Gasteiger charge is -2.43. The number of sulfonamides is 1. The fraction of sp³-hybridized carbons (Fsp3) is 0.645. The number of nitrogens with one attached hydrogen (secondary N) is 1. The Hall–Kier alpha value is -2.60. The van der Waals surface area contributed by atoms with Crippen LogP contribution in [0.15, 0.2) is 30.6 Å². The van der Waals surface area contributed by atoms with E-state index >= 15 is 0 Å². The lowest BCUT2D eigenvalue weighted by Crippen LogP contribution is -2.52. The zero-order valence-electron chi connectivity index (χ0n) is 25.5. The lowest BCUT2D eigenvalue weighted by molar-refractivity contribution is -0.0442. The van der Waals surface area contributed by atoms with Gasteiger partial charge in [-0.05, 0) is 77.4 Å². The predicted molar refractivity (Wildman–Crippen MR) is 164 cm³/mol. The second-order valence-electron chi connectivity index (χ2n) is 12.2. The molecule has 2 atom stereocenters. The molecule has 0 bridgehead atoms. The largest absolute Gasteiger partial charge is 0.368 e. The maximum Gasteiger partial charge on any atom is 0.272 e. The Labute approximate surface area is 250 Å². The fourth-order valence-corrected chi connectivity index (χ4v) is 7.44. The minimum Gasteiger partial charge on any atom is -0.368 e. The highest BCUT2D eigenvalue weighted by Gasteiger charge is 2.33. The van der Waals surface area contributed by atoms with E-state index in [0.717, 1.165) is 63.6 Å². The zero-order chi connectivity index (χ0) is 29.9. The Morgan fingerprint density at radius 3 is 2.48 bits per heavy atom. The number of benzene rings is 1. The van der Waals surface area contributed by atoms with Gasteiger partial charge in [0.25, 0.3) is 5.91 Å². The van der Waals surface area contributed by atoms with Crippen molar-refractivity contribution in [2.75, 3.05) is 51.3 Å². The fourth-order valence-electron chi connectivity index (χ4n) is 6.69. The highest BCUT2D eigenvalue weighted by molar-refractivity contribution is 7.88. The summed E-state index contributed by atoms with van der Waals surface area (Å²) in [6, 6.07) is 9.04. The topological polar surface area (TPSA) is 108 Å². The molecule has 5 rings (SSSR count). The van der Waals surface area contributed by atoms with Gasteiger partial charge in [-0.15, -0.1) is 0 Å².